The summed E-state index contributed by atoms with van der Waals surface area (Å²) in [6.07, 6.45) is 0. The Morgan fingerprint density at radius 2 is 1.94 bits per heavy atom. The summed E-state index contributed by atoms with van der Waals surface area (Å²) in [5, 5.41) is 3.24. The molecule has 1 aromatic carbocycles. The van der Waals surface area contributed by atoms with Gasteiger partial charge in [0.05, 0.1) is 7.11 Å². The van der Waals surface area contributed by atoms with Crippen LogP contribution in [0.15, 0.2) is 29.2 Å². The van der Waals surface area contributed by atoms with Gasteiger partial charge < -0.3 is 10.1 Å². The minimum atomic E-state index is -3.48. The summed E-state index contributed by atoms with van der Waals surface area (Å²) in [6, 6.07) is 6.77. The highest BCUT2D eigenvalue weighted by atomic mass is 32.2. The molecule has 1 heterocycles. The summed E-state index contributed by atoms with van der Waals surface area (Å²) in [5.74, 6) is 1.29. The van der Waals surface area contributed by atoms with E-state index in [2.05, 4.69) is 10.0 Å². The fraction of sp³-hybridized carbons (Fsp3) is 0.500. The fourth-order valence-electron chi connectivity index (χ4n) is 2.68. The second-order valence-electron chi connectivity index (χ2n) is 4.78. The van der Waals surface area contributed by atoms with Crippen LogP contribution in [0, 0.1) is 11.8 Å². The van der Waals surface area contributed by atoms with Crippen molar-refractivity contribution in [2.45, 2.75) is 10.9 Å². The summed E-state index contributed by atoms with van der Waals surface area (Å²) in [4.78, 5) is 0.213. The van der Waals surface area contributed by atoms with Crippen molar-refractivity contribution in [2.24, 2.45) is 11.8 Å². The molecule has 1 saturated carbocycles. The van der Waals surface area contributed by atoms with Crippen LogP contribution in [0.1, 0.15) is 0 Å². The van der Waals surface area contributed by atoms with Crippen molar-refractivity contribution in [3.8, 4) is 5.75 Å². The highest BCUT2D eigenvalue weighted by molar-refractivity contribution is 7.89. The van der Waals surface area contributed by atoms with Crippen LogP contribution in [-0.4, -0.2) is 34.7 Å². The molecule has 0 bridgehead atoms. The van der Waals surface area contributed by atoms with Crippen LogP contribution < -0.4 is 14.8 Å². The second kappa shape index (κ2) is 4.22. The van der Waals surface area contributed by atoms with Gasteiger partial charge in [-0.2, -0.15) is 0 Å². The molecule has 1 aliphatic carbocycles. The standard InChI is InChI=1S/C12H16N2O3S/c1-17-10-4-2-3-5-11(10)18(15,16)14-12-8-6-13-7-9(8)12/h2-5,8-9,12-14H,6-7H2,1H3. The minimum absolute atomic E-state index is 0.0844. The van der Waals surface area contributed by atoms with Crippen molar-refractivity contribution in [1.82, 2.24) is 10.0 Å². The normalized spacial score (nSPS) is 29.9. The number of sulfonamides is 1. The summed E-state index contributed by atoms with van der Waals surface area (Å²) in [5.41, 5.74) is 0. The van der Waals surface area contributed by atoms with Gasteiger partial charge in [0.25, 0.3) is 0 Å². The van der Waals surface area contributed by atoms with Crippen LogP contribution in [0.5, 0.6) is 5.75 Å². The first-order valence-electron chi connectivity index (χ1n) is 5.99. The number of piperidine rings is 1. The van der Waals surface area contributed by atoms with Crippen molar-refractivity contribution >= 4 is 10.0 Å². The molecule has 98 valence electrons. The van der Waals surface area contributed by atoms with Gasteiger partial charge in [-0.05, 0) is 37.1 Å². The van der Waals surface area contributed by atoms with E-state index in [4.69, 9.17) is 4.74 Å². The van der Waals surface area contributed by atoms with Gasteiger partial charge in [-0.15, -0.1) is 0 Å². The predicted octanol–water partition coefficient (Wildman–Crippen LogP) is 0.191. The van der Waals surface area contributed by atoms with Gasteiger partial charge in [0, 0.05) is 6.04 Å². The third-order valence-corrected chi connectivity index (χ3v) is 5.24. The van der Waals surface area contributed by atoms with Crippen molar-refractivity contribution in [2.75, 3.05) is 20.2 Å². The zero-order chi connectivity index (χ0) is 12.8. The molecule has 3 rings (SSSR count). The molecule has 2 atom stereocenters. The van der Waals surface area contributed by atoms with Crippen LogP contribution in [0.25, 0.3) is 0 Å². The third kappa shape index (κ3) is 1.90. The lowest BCUT2D eigenvalue weighted by molar-refractivity contribution is 0.402. The highest BCUT2D eigenvalue weighted by Gasteiger charge is 2.54. The second-order valence-corrected chi connectivity index (χ2v) is 6.47. The smallest absolute Gasteiger partial charge is 0.244 e. The van der Waals surface area contributed by atoms with Crippen LogP contribution in [0.3, 0.4) is 0 Å². The molecule has 1 saturated heterocycles. The lowest BCUT2D eigenvalue weighted by atomic mass is 10.3. The molecular formula is C12H16N2O3S. The molecule has 2 aliphatic rings. The molecule has 0 aromatic heterocycles. The number of nitrogens with one attached hydrogen (secondary N) is 2. The van der Waals surface area contributed by atoms with Gasteiger partial charge in [0.15, 0.2) is 0 Å². The molecule has 18 heavy (non-hydrogen) atoms. The number of rotatable bonds is 4. The Labute approximate surface area is 107 Å². The number of benzene rings is 1. The Balaban J connectivity index is 1.82. The molecule has 1 aliphatic heterocycles. The maximum atomic E-state index is 12.3. The number of methoxy groups -OCH3 is 1. The van der Waals surface area contributed by atoms with Crippen LogP contribution >= 0.6 is 0 Å². The van der Waals surface area contributed by atoms with Crippen LogP contribution in [0.2, 0.25) is 0 Å². The fourth-order valence-corrected chi connectivity index (χ4v) is 4.19. The Morgan fingerprint density at radius 3 is 2.61 bits per heavy atom. The van der Waals surface area contributed by atoms with Crippen LogP contribution in [-0.2, 0) is 10.0 Å². The van der Waals surface area contributed by atoms with Crippen molar-refractivity contribution in [1.29, 1.82) is 0 Å². The predicted molar refractivity (Wildman–Crippen MR) is 67.0 cm³/mol. The Bertz CT molecular complexity index is 548. The molecule has 5 nitrogen and oxygen atoms in total. The van der Waals surface area contributed by atoms with E-state index in [1.54, 1.807) is 24.3 Å². The topological polar surface area (TPSA) is 67.4 Å². The minimum Gasteiger partial charge on any atom is -0.495 e. The van der Waals surface area contributed by atoms with Crippen molar-refractivity contribution in [3.05, 3.63) is 24.3 Å². The number of hydrogen-bond acceptors (Lipinski definition) is 4. The van der Waals surface area contributed by atoms with Gasteiger partial charge >= 0.3 is 0 Å². The SMILES string of the molecule is COc1ccccc1S(=O)(=O)NC1C2CNCC21. The molecule has 2 N–H and O–H groups in total. The Hall–Kier alpha value is -1.11. The first kappa shape index (κ1) is 12.0. The zero-order valence-electron chi connectivity index (χ0n) is 10.1. The van der Waals surface area contributed by atoms with E-state index in [9.17, 15) is 8.42 Å². The van der Waals surface area contributed by atoms with E-state index in [0.717, 1.165) is 13.1 Å². The van der Waals surface area contributed by atoms with E-state index in [1.165, 1.54) is 7.11 Å². The molecule has 2 unspecified atom stereocenters. The Kier molecular flexibility index (Phi) is 2.80. The average molecular weight is 268 g/mol. The quantitative estimate of drug-likeness (QED) is 0.818. The van der Waals surface area contributed by atoms with E-state index in [-0.39, 0.29) is 10.9 Å². The summed E-state index contributed by atoms with van der Waals surface area (Å²) in [6.45, 7) is 1.81. The molecule has 0 radical (unpaired) electrons. The van der Waals surface area contributed by atoms with Crippen LogP contribution in [0.4, 0.5) is 0 Å². The molecule has 0 spiro atoms. The van der Waals surface area contributed by atoms with Crippen molar-refractivity contribution in [3.63, 3.8) is 0 Å². The van der Waals surface area contributed by atoms with Gasteiger partial charge in [-0.3, -0.25) is 0 Å². The van der Waals surface area contributed by atoms with Crippen molar-refractivity contribution < 1.29 is 13.2 Å². The number of hydrogen-bond donors (Lipinski definition) is 2. The van der Waals surface area contributed by atoms with E-state index in [1.807, 2.05) is 0 Å². The Morgan fingerprint density at radius 1 is 1.28 bits per heavy atom. The molecule has 6 heteroatoms. The summed E-state index contributed by atoms with van der Waals surface area (Å²) < 4.78 is 32.4. The zero-order valence-corrected chi connectivity index (χ0v) is 10.9. The van der Waals surface area contributed by atoms with E-state index in [0.29, 0.717) is 17.6 Å². The van der Waals surface area contributed by atoms with Gasteiger partial charge in [0.2, 0.25) is 10.0 Å². The summed E-state index contributed by atoms with van der Waals surface area (Å²) in [7, 11) is -2.01. The number of ether oxygens (including phenoxy) is 1. The van der Waals surface area contributed by atoms with Gasteiger partial charge in [-0.1, -0.05) is 12.1 Å². The average Bonchev–Trinajstić information content (AvgIpc) is 2.80. The third-order valence-electron chi connectivity index (χ3n) is 3.74. The lowest BCUT2D eigenvalue weighted by Gasteiger charge is -2.11. The lowest BCUT2D eigenvalue weighted by Crippen LogP contribution is -2.32. The monoisotopic (exact) mass is 268 g/mol. The number of para-hydroxylation sites is 1. The van der Waals surface area contributed by atoms with E-state index >= 15 is 0 Å². The van der Waals surface area contributed by atoms with Gasteiger partial charge in [-0.25, -0.2) is 13.1 Å². The largest absolute Gasteiger partial charge is 0.495 e. The maximum absolute atomic E-state index is 12.3. The maximum Gasteiger partial charge on any atom is 0.244 e. The molecule has 2 fully saturated rings. The summed E-state index contributed by atoms with van der Waals surface area (Å²) >= 11 is 0. The van der Waals surface area contributed by atoms with Gasteiger partial charge in [0.1, 0.15) is 10.6 Å². The highest BCUT2D eigenvalue weighted by Crippen LogP contribution is 2.42. The first-order valence-corrected chi connectivity index (χ1v) is 7.48. The molecule has 1 aromatic rings. The molecule has 0 amide bonds. The first-order chi connectivity index (χ1) is 8.63. The van der Waals surface area contributed by atoms with E-state index < -0.39 is 10.0 Å². The molecular weight excluding hydrogens is 252 g/mol. The number of fused-ring (bicyclic) bond motifs is 1.